The van der Waals surface area contributed by atoms with Crippen LogP contribution < -0.4 is 5.56 Å². The molecule has 0 saturated heterocycles. The van der Waals surface area contributed by atoms with Crippen LogP contribution in [-0.4, -0.2) is 14.8 Å². The molecule has 138 valence electrons. The fourth-order valence-corrected chi connectivity index (χ4v) is 3.97. The van der Waals surface area contributed by atoms with Crippen molar-refractivity contribution in [3.63, 3.8) is 0 Å². The van der Waals surface area contributed by atoms with E-state index in [9.17, 15) is 10.1 Å². The Balaban J connectivity index is 1.94. The standard InChI is InChI=1S/C22H23N3OS/c1-3-4-13-25-21(26)19-7-5-6-8-20(19)24-22(25)27-18(15-23)14-17-11-9-16(2)10-12-17/h5-12,18H,3-4,13-14H2,1-2H3/t18-/m1/s1. The quantitative estimate of drug-likeness (QED) is 0.441. The van der Waals surface area contributed by atoms with Gasteiger partial charge in [-0.25, -0.2) is 4.98 Å². The molecule has 0 aliphatic heterocycles. The Hall–Kier alpha value is -2.58. The highest BCUT2D eigenvalue weighted by atomic mass is 32.2. The van der Waals surface area contributed by atoms with Gasteiger partial charge in [0.05, 0.1) is 17.0 Å². The second-order valence-corrected chi connectivity index (χ2v) is 7.82. The van der Waals surface area contributed by atoms with Crippen molar-refractivity contribution in [2.45, 2.75) is 50.1 Å². The summed E-state index contributed by atoms with van der Waals surface area (Å²) in [5, 5.41) is 10.6. The van der Waals surface area contributed by atoms with E-state index in [2.05, 4.69) is 37.3 Å². The number of para-hydroxylation sites is 1. The number of aryl methyl sites for hydroxylation is 1. The summed E-state index contributed by atoms with van der Waals surface area (Å²) < 4.78 is 1.73. The van der Waals surface area contributed by atoms with Crippen molar-refractivity contribution in [3.05, 3.63) is 70.0 Å². The number of benzene rings is 2. The molecule has 0 unspecified atom stereocenters. The molecule has 0 radical (unpaired) electrons. The fourth-order valence-electron chi connectivity index (χ4n) is 2.93. The zero-order chi connectivity index (χ0) is 19.2. The molecule has 1 heterocycles. The lowest BCUT2D eigenvalue weighted by atomic mass is 10.1. The van der Waals surface area contributed by atoms with Gasteiger partial charge in [-0.15, -0.1) is 0 Å². The minimum atomic E-state index is -0.298. The number of fused-ring (bicyclic) bond motifs is 1. The van der Waals surface area contributed by atoms with Gasteiger partial charge in [0.15, 0.2) is 5.16 Å². The highest BCUT2D eigenvalue weighted by Gasteiger charge is 2.17. The van der Waals surface area contributed by atoms with Crippen LogP contribution in [0.3, 0.4) is 0 Å². The number of nitrogens with zero attached hydrogens (tertiary/aromatic N) is 3. The Morgan fingerprint density at radius 2 is 1.93 bits per heavy atom. The summed E-state index contributed by atoms with van der Waals surface area (Å²) >= 11 is 1.38. The number of thioether (sulfide) groups is 1. The molecule has 0 spiro atoms. The second kappa shape index (κ2) is 8.88. The van der Waals surface area contributed by atoms with E-state index in [1.165, 1.54) is 17.3 Å². The van der Waals surface area contributed by atoms with Gasteiger partial charge in [-0.1, -0.05) is 67.1 Å². The third-order valence-corrected chi connectivity index (χ3v) is 5.57. The first-order chi connectivity index (χ1) is 13.1. The number of aromatic nitrogens is 2. The van der Waals surface area contributed by atoms with E-state index in [0.29, 0.717) is 29.0 Å². The first-order valence-corrected chi connectivity index (χ1v) is 10.1. The molecule has 0 N–H and O–H groups in total. The minimum Gasteiger partial charge on any atom is -0.287 e. The summed E-state index contributed by atoms with van der Waals surface area (Å²) in [6, 6.07) is 18.0. The van der Waals surface area contributed by atoms with Gasteiger partial charge in [0, 0.05) is 6.54 Å². The monoisotopic (exact) mass is 377 g/mol. The number of hydrogen-bond acceptors (Lipinski definition) is 4. The molecule has 4 nitrogen and oxygen atoms in total. The molecule has 0 aliphatic carbocycles. The van der Waals surface area contributed by atoms with Crippen molar-refractivity contribution < 1.29 is 0 Å². The third-order valence-electron chi connectivity index (χ3n) is 4.50. The van der Waals surface area contributed by atoms with Gasteiger partial charge >= 0.3 is 0 Å². The molecular weight excluding hydrogens is 354 g/mol. The Morgan fingerprint density at radius 1 is 1.19 bits per heavy atom. The maximum absolute atomic E-state index is 12.9. The average Bonchev–Trinajstić information content (AvgIpc) is 2.69. The van der Waals surface area contributed by atoms with Crippen LogP contribution >= 0.6 is 11.8 Å². The van der Waals surface area contributed by atoms with E-state index < -0.39 is 0 Å². The highest BCUT2D eigenvalue weighted by molar-refractivity contribution is 8.00. The third kappa shape index (κ3) is 4.58. The van der Waals surface area contributed by atoms with Crippen LogP contribution in [0.25, 0.3) is 10.9 Å². The van der Waals surface area contributed by atoms with Crippen molar-refractivity contribution in [1.29, 1.82) is 5.26 Å². The first kappa shape index (κ1) is 19.2. The van der Waals surface area contributed by atoms with Crippen LogP contribution in [0.15, 0.2) is 58.5 Å². The van der Waals surface area contributed by atoms with Crippen molar-refractivity contribution in [2.75, 3.05) is 0 Å². The maximum Gasteiger partial charge on any atom is 0.262 e. The number of nitriles is 1. The normalized spacial score (nSPS) is 12.0. The van der Waals surface area contributed by atoms with Gasteiger partial charge in [0.2, 0.25) is 0 Å². The molecule has 0 aliphatic rings. The summed E-state index contributed by atoms with van der Waals surface area (Å²) in [6.07, 6.45) is 2.52. The number of rotatable bonds is 7. The molecule has 3 rings (SSSR count). The van der Waals surface area contributed by atoms with E-state index in [1.807, 2.05) is 31.2 Å². The molecule has 0 fully saturated rings. The van der Waals surface area contributed by atoms with Gasteiger partial charge in [0.25, 0.3) is 5.56 Å². The van der Waals surface area contributed by atoms with Crippen molar-refractivity contribution in [1.82, 2.24) is 9.55 Å². The lowest BCUT2D eigenvalue weighted by Crippen LogP contribution is -2.24. The van der Waals surface area contributed by atoms with Gasteiger partial charge in [-0.3, -0.25) is 9.36 Å². The summed E-state index contributed by atoms with van der Waals surface area (Å²) in [6.45, 7) is 4.77. The van der Waals surface area contributed by atoms with Gasteiger partial charge in [-0.05, 0) is 37.5 Å². The van der Waals surface area contributed by atoms with E-state index in [1.54, 1.807) is 4.57 Å². The lowest BCUT2D eigenvalue weighted by Gasteiger charge is -2.15. The Kier molecular flexibility index (Phi) is 6.31. The number of unbranched alkanes of at least 4 members (excludes halogenated alkanes) is 1. The van der Waals surface area contributed by atoms with Crippen LogP contribution in [0.4, 0.5) is 0 Å². The number of hydrogen-bond donors (Lipinski definition) is 0. The zero-order valence-electron chi connectivity index (χ0n) is 15.7. The van der Waals surface area contributed by atoms with Crippen LogP contribution in [0.2, 0.25) is 0 Å². The summed E-state index contributed by atoms with van der Waals surface area (Å²) in [5.41, 5.74) is 2.97. The second-order valence-electron chi connectivity index (χ2n) is 6.65. The predicted molar refractivity (Wildman–Crippen MR) is 111 cm³/mol. The lowest BCUT2D eigenvalue weighted by molar-refractivity contribution is 0.557. The van der Waals surface area contributed by atoms with E-state index in [4.69, 9.17) is 4.98 Å². The van der Waals surface area contributed by atoms with Gasteiger partial charge in [-0.2, -0.15) is 5.26 Å². The molecule has 0 bridgehead atoms. The molecule has 1 atom stereocenters. The molecular formula is C22H23N3OS. The summed E-state index contributed by atoms with van der Waals surface area (Å²) in [5.74, 6) is 0. The predicted octanol–water partition coefficient (Wildman–Crippen LogP) is 4.73. The highest BCUT2D eigenvalue weighted by Crippen LogP contribution is 2.25. The molecule has 5 heteroatoms. The Bertz CT molecular complexity index is 1020. The van der Waals surface area contributed by atoms with Gasteiger partial charge < -0.3 is 0 Å². The van der Waals surface area contributed by atoms with Crippen molar-refractivity contribution in [2.24, 2.45) is 0 Å². The maximum atomic E-state index is 12.9. The van der Waals surface area contributed by atoms with E-state index in [0.717, 1.165) is 18.4 Å². The van der Waals surface area contributed by atoms with Gasteiger partial charge in [0.1, 0.15) is 5.25 Å². The zero-order valence-corrected chi connectivity index (χ0v) is 16.5. The Morgan fingerprint density at radius 3 is 2.63 bits per heavy atom. The molecule has 27 heavy (non-hydrogen) atoms. The van der Waals surface area contributed by atoms with Crippen LogP contribution in [-0.2, 0) is 13.0 Å². The molecule has 0 saturated carbocycles. The van der Waals surface area contributed by atoms with Crippen LogP contribution in [0.5, 0.6) is 0 Å². The van der Waals surface area contributed by atoms with Crippen LogP contribution in [0, 0.1) is 18.3 Å². The van der Waals surface area contributed by atoms with Crippen molar-refractivity contribution in [3.8, 4) is 6.07 Å². The molecule has 2 aromatic carbocycles. The van der Waals surface area contributed by atoms with Crippen LogP contribution in [0.1, 0.15) is 30.9 Å². The Labute approximate surface area is 163 Å². The smallest absolute Gasteiger partial charge is 0.262 e. The largest absolute Gasteiger partial charge is 0.287 e. The minimum absolute atomic E-state index is 0.0245. The topological polar surface area (TPSA) is 58.7 Å². The van der Waals surface area contributed by atoms with E-state index in [-0.39, 0.29) is 10.8 Å². The summed E-state index contributed by atoms with van der Waals surface area (Å²) in [7, 11) is 0. The molecule has 3 aromatic rings. The SMILES string of the molecule is CCCCn1c(S[C@@H](C#N)Cc2ccc(C)cc2)nc2ccccc2c1=O. The summed E-state index contributed by atoms with van der Waals surface area (Å²) in [4.78, 5) is 17.7. The molecule has 0 amide bonds. The molecule has 1 aromatic heterocycles. The van der Waals surface area contributed by atoms with Crippen molar-refractivity contribution >= 4 is 22.7 Å². The van der Waals surface area contributed by atoms with E-state index >= 15 is 0 Å². The first-order valence-electron chi connectivity index (χ1n) is 9.23. The average molecular weight is 378 g/mol. The fraction of sp³-hybridized carbons (Fsp3) is 0.318.